The smallest absolute Gasteiger partial charge is 0.389 e. The lowest BCUT2D eigenvalue weighted by atomic mass is 10.1. The molecule has 106 valence electrons. The SMILES string of the molecule is COCCCNc1ccc(C(N)=S)c(C(F)(F)F)c1. The number of methoxy groups -OCH3 is 1. The van der Waals surface area contributed by atoms with Crippen molar-refractivity contribution in [3.05, 3.63) is 29.3 Å². The van der Waals surface area contributed by atoms with E-state index in [0.29, 0.717) is 25.3 Å². The zero-order valence-corrected chi connectivity index (χ0v) is 11.2. The molecule has 3 N–H and O–H groups in total. The molecular formula is C12H15F3N2OS. The normalized spacial score (nSPS) is 11.4. The van der Waals surface area contributed by atoms with Gasteiger partial charge in [-0.1, -0.05) is 12.2 Å². The summed E-state index contributed by atoms with van der Waals surface area (Å²) in [6.45, 7) is 1.07. The van der Waals surface area contributed by atoms with Gasteiger partial charge in [-0.05, 0) is 24.6 Å². The first-order chi connectivity index (χ1) is 8.86. The third-order valence-electron chi connectivity index (χ3n) is 2.44. The Hall–Kier alpha value is -1.34. The Kier molecular flexibility index (Phi) is 5.56. The predicted molar refractivity (Wildman–Crippen MR) is 72.3 cm³/mol. The van der Waals surface area contributed by atoms with E-state index in [1.54, 1.807) is 7.11 Å². The van der Waals surface area contributed by atoms with Crippen LogP contribution < -0.4 is 11.1 Å². The Balaban J connectivity index is 2.90. The maximum Gasteiger partial charge on any atom is 0.417 e. The molecule has 0 aliphatic rings. The van der Waals surface area contributed by atoms with Crippen molar-refractivity contribution in [3.63, 3.8) is 0 Å². The van der Waals surface area contributed by atoms with E-state index < -0.39 is 11.7 Å². The molecule has 19 heavy (non-hydrogen) atoms. The monoisotopic (exact) mass is 292 g/mol. The van der Waals surface area contributed by atoms with Crippen LogP contribution in [0.4, 0.5) is 18.9 Å². The summed E-state index contributed by atoms with van der Waals surface area (Å²) in [6.07, 6.45) is -3.78. The minimum absolute atomic E-state index is 0.162. The van der Waals surface area contributed by atoms with Crippen LogP contribution >= 0.6 is 12.2 Å². The Morgan fingerprint density at radius 2 is 2.11 bits per heavy atom. The van der Waals surface area contributed by atoms with Crippen LogP contribution in [0.3, 0.4) is 0 Å². The molecule has 0 fully saturated rings. The second kappa shape index (κ2) is 6.72. The fourth-order valence-electron chi connectivity index (χ4n) is 1.55. The van der Waals surface area contributed by atoms with Gasteiger partial charge in [0.05, 0.1) is 5.56 Å². The Bertz CT molecular complexity index is 449. The third-order valence-corrected chi connectivity index (χ3v) is 2.66. The van der Waals surface area contributed by atoms with E-state index in [9.17, 15) is 13.2 Å². The number of hydrogen-bond acceptors (Lipinski definition) is 3. The number of halogens is 3. The molecule has 0 aliphatic heterocycles. The van der Waals surface area contributed by atoms with Crippen LogP contribution in [0.15, 0.2) is 18.2 Å². The molecule has 0 unspecified atom stereocenters. The average molecular weight is 292 g/mol. The van der Waals surface area contributed by atoms with Crippen molar-refractivity contribution in [2.75, 3.05) is 25.6 Å². The van der Waals surface area contributed by atoms with Gasteiger partial charge in [-0.15, -0.1) is 0 Å². The van der Waals surface area contributed by atoms with E-state index in [0.717, 1.165) is 6.07 Å². The van der Waals surface area contributed by atoms with Crippen LogP contribution in [0.25, 0.3) is 0 Å². The highest BCUT2D eigenvalue weighted by Crippen LogP contribution is 2.33. The molecule has 1 rings (SSSR count). The molecule has 1 aromatic carbocycles. The molecule has 0 radical (unpaired) electrons. The highest BCUT2D eigenvalue weighted by atomic mass is 32.1. The second-order valence-corrected chi connectivity index (χ2v) is 4.34. The number of alkyl halides is 3. The van der Waals surface area contributed by atoms with Gasteiger partial charge in [0, 0.05) is 31.5 Å². The predicted octanol–water partition coefficient (Wildman–Crippen LogP) is 2.79. The number of hydrogen-bond donors (Lipinski definition) is 2. The van der Waals surface area contributed by atoms with Crippen LogP contribution in [-0.2, 0) is 10.9 Å². The zero-order valence-electron chi connectivity index (χ0n) is 10.4. The van der Waals surface area contributed by atoms with Gasteiger partial charge in [0.25, 0.3) is 0 Å². The van der Waals surface area contributed by atoms with E-state index >= 15 is 0 Å². The van der Waals surface area contributed by atoms with Gasteiger partial charge in [0.15, 0.2) is 0 Å². The summed E-state index contributed by atoms with van der Waals surface area (Å²) in [4.78, 5) is -0.266. The third kappa shape index (κ3) is 4.68. The average Bonchev–Trinajstić information content (AvgIpc) is 2.33. The van der Waals surface area contributed by atoms with Crippen LogP contribution in [0.1, 0.15) is 17.5 Å². The van der Waals surface area contributed by atoms with Crippen molar-refractivity contribution in [2.45, 2.75) is 12.6 Å². The summed E-state index contributed by atoms with van der Waals surface area (Å²) in [5.41, 5.74) is 4.69. The molecule has 3 nitrogen and oxygen atoms in total. The summed E-state index contributed by atoms with van der Waals surface area (Å²) in [7, 11) is 1.57. The summed E-state index contributed by atoms with van der Waals surface area (Å²) in [5, 5.41) is 2.89. The van der Waals surface area contributed by atoms with Crippen LogP contribution in [-0.4, -0.2) is 25.2 Å². The molecule has 7 heteroatoms. The van der Waals surface area contributed by atoms with Gasteiger partial charge in [-0.2, -0.15) is 13.2 Å². The molecule has 0 atom stereocenters. The van der Waals surface area contributed by atoms with Crippen molar-refractivity contribution in [2.24, 2.45) is 5.73 Å². The standard InChI is InChI=1S/C12H15F3N2OS/c1-18-6-2-5-17-8-3-4-9(11(16)19)10(7-8)12(13,14)15/h3-4,7,17H,2,5-6H2,1H3,(H2,16,19). The van der Waals surface area contributed by atoms with Crippen LogP contribution in [0.5, 0.6) is 0 Å². The number of nitrogens with one attached hydrogen (secondary N) is 1. The number of rotatable bonds is 6. The van der Waals surface area contributed by atoms with Gasteiger partial charge in [-0.25, -0.2) is 0 Å². The number of nitrogens with two attached hydrogens (primary N) is 1. The largest absolute Gasteiger partial charge is 0.417 e. The van der Waals surface area contributed by atoms with Crippen molar-refractivity contribution < 1.29 is 17.9 Å². The van der Waals surface area contributed by atoms with Gasteiger partial charge >= 0.3 is 6.18 Å². The number of anilines is 1. The molecule has 0 bridgehead atoms. The number of ether oxygens (including phenoxy) is 1. The van der Waals surface area contributed by atoms with Gasteiger partial charge in [0.1, 0.15) is 4.99 Å². The van der Waals surface area contributed by atoms with Crippen molar-refractivity contribution >= 4 is 22.9 Å². The molecule has 1 aromatic rings. The van der Waals surface area contributed by atoms with Gasteiger partial charge in [0.2, 0.25) is 0 Å². The van der Waals surface area contributed by atoms with Crippen molar-refractivity contribution in [1.82, 2.24) is 0 Å². The maximum atomic E-state index is 12.9. The molecule has 0 saturated heterocycles. The first kappa shape index (κ1) is 15.7. The molecule has 0 aromatic heterocycles. The summed E-state index contributed by atoms with van der Waals surface area (Å²) < 4.78 is 43.5. The number of thiocarbonyl (C=S) groups is 1. The first-order valence-corrected chi connectivity index (χ1v) is 6.01. The Morgan fingerprint density at radius 3 is 2.63 bits per heavy atom. The lowest BCUT2D eigenvalue weighted by Crippen LogP contribution is -2.18. The van der Waals surface area contributed by atoms with E-state index in [1.807, 2.05) is 0 Å². The summed E-state index contributed by atoms with van der Waals surface area (Å²) in [5.74, 6) is 0. The quantitative estimate of drug-likeness (QED) is 0.625. The van der Waals surface area contributed by atoms with E-state index in [-0.39, 0.29) is 10.6 Å². The minimum atomic E-state index is -4.48. The lowest BCUT2D eigenvalue weighted by molar-refractivity contribution is -0.137. The van der Waals surface area contributed by atoms with Gasteiger partial charge < -0.3 is 15.8 Å². The Labute approximate surface area is 114 Å². The molecule has 0 saturated carbocycles. The maximum absolute atomic E-state index is 12.9. The molecule has 0 amide bonds. The summed E-state index contributed by atoms with van der Waals surface area (Å²) in [6, 6.07) is 3.82. The molecule has 0 aliphatic carbocycles. The first-order valence-electron chi connectivity index (χ1n) is 5.60. The second-order valence-electron chi connectivity index (χ2n) is 3.90. The molecular weight excluding hydrogens is 277 g/mol. The topological polar surface area (TPSA) is 47.3 Å². The Morgan fingerprint density at radius 1 is 1.42 bits per heavy atom. The van der Waals surface area contributed by atoms with E-state index in [2.05, 4.69) is 17.5 Å². The lowest BCUT2D eigenvalue weighted by Gasteiger charge is -2.14. The molecule has 0 spiro atoms. The van der Waals surface area contributed by atoms with Crippen LogP contribution in [0.2, 0.25) is 0 Å². The summed E-state index contributed by atoms with van der Waals surface area (Å²) >= 11 is 4.62. The zero-order chi connectivity index (χ0) is 14.5. The number of benzene rings is 1. The molecule has 0 heterocycles. The van der Waals surface area contributed by atoms with Crippen molar-refractivity contribution in [3.8, 4) is 0 Å². The highest BCUT2D eigenvalue weighted by Gasteiger charge is 2.34. The van der Waals surface area contributed by atoms with Gasteiger partial charge in [-0.3, -0.25) is 0 Å². The van der Waals surface area contributed by atoms with Crippen molar-refractivity contribution in [1.29, 1.82) is 0 Å². The fourth-order valence-corrected chi connectivity index (χ4v) is 1.73. The van der Waals surface area contributed by atoms with Crippen LogP contribution in [0, 0.1) is 0 Å². The highest BCUT2D eigenvalue weighted by molar-refractivity contribution is 7.80. The van der Waals surface area contributed by atoms with E-state index in [1.165, 1.54) is 12.1 Å². The van der Waals surface area contributed by atoms with E-state index in [4.69, 9.17) is 10.5 Å². The fraction of sp³-hybridized carbons (Fsp3) is 0.417. The minimum Gasteiger partial charge on any atom is -0.389 e.